The van der Waals surface area contributed by atoms with Gasteiger partial charge in [0.1, 0.15) is 0 Å². The molecule has 0 amide bonds. The number of hydrogen-bond donors (Lipinski definition) is 2. The van der Waals surface area contributed by atoms with E-state index in [2.05, 4.69) is 33.7 Å². The minimum atomic E-state index is -0.0879. The van der Waals surface area contributed by atoms with E-state index in [4.69, 9.17) is 5.84 Å². The lowest BCUT2D eigenvalue weighted by atomic mass is 9.99. The highest BCUT2D eigenvalue weighted by atomic mass is 15.3. The molecular formula is C15H17N5. The highest BCUT2D eigenvalue weighted by molar-refractivity contribution is 5.79. The molecule has 5 heteroatoms. The minimum Gasteiger partial charge on any atom is -0.275 e. The van der Waals surface area contributed by atoms with E-state index in [1.165, 1.54) is 0 Å². The van der Waals surface area contributed by atoms with Gasteiger partial charge in [0.25, 0.3) is 0 Å². The van der Waals surface area contributed by atoms with E-state index in [9.17, 15) is 0 Å². The first-order chi connectivity index (χ1) is 9.69. The molecule has 3 rings (SSSR count). The number of pyridine rings is 1. The number of nitrogens with two attached hydrogens (primary N) is 1. The fourth-order valence-electron chi connectivity index (χ4n) is 2.53. The Morgan fingerprint density at radius 1 is 1.30 bits per heavy atom. The summed E-state index contributed by atoms with van der Waals surface area (Å²) in [5.41, 5.74) is 6.96. The molecule has 1 unspecified atom stereocenters. The Morgan fingerprint density at radius 2 is 2.15 bits per heavy atom. The van der Waals surface area contributed by atoms with E-state index in [1.807, 2.05) is 32.3 Å². The summed E-state index contributed by atoms with van der Waals surface area (Å²) >= 11 is 0. The number of rotatable bonds is 3. The predicted molar refractivity (Wildman–Crippen MR) is 78.9 cm³/mol. The van der Waals surface area contributed by atoms with Crippen molar-refractivity contribution in [2.24, 2.45) is 12.9 Å². The first kappa shape index (κ1) is 12.8. The summed E-state index contributed by atoms with van der Waals surface area (Å²) in [5, 5.41) is 5.49. The van der Waals surface area contributed by atoms with Crippen molar-refractivity contribution < 1.29 is 0 Å². The molecule has 0 aliphatic heterocycles. The molecule has 20 heavy (non-hydrogen) atoms. The van der Waals surface area contributed by atoms with Crippen LogP contribution < -0.4 is 11.3 Å². The molecule has 0 saturated carbocycles. The van der Waals surface area contributed by atoms with Gasteiger partial charge in [0.05, 0.1) is 17.3 Å². The van der Waals surface area contributed by atoms with Gasteiger partial charge in [-0.05, 0) is 24.6 Å². The number of benzene rings is 1. The maximum Gasteiger partial charge on any atom is 0.0744 e. The average Bonchev–Trinajstić information content (AvgIpc) is 2.78. The van der Waals surface area contributed by atoms with Crippen LogP contribution in [-0.4, -0.2) is 14.8 Å². The molecule has 2 heterocycles. The lowest BCUT2D eigenvalue weighted by molar-refractivity contribution is 0.634. The molecule has 102 valence electrons. The van der Waals surface area contributed by atoms with Crippen molar-refractivity contribution in [3.8, 4) is 0 Å². The van der Waals surface area contributed by atoms with E-state index in [0.29, 0.717) is 0 Å². The SMILES string of the molecule is Cc1nn(C)cc1C(NN)c1ccc2cccnc2c1. The van der Waals surface area contributed by atoms with Gasteiger partial charge >= 0.3 is 0 Å². The van der Waals surface area contributed by atoms with Crippen LogP contribution in [0.5, 0.6) is 0 Å². The van der Waals surface area contributed by atoms with Crippen LogP contribution in [0.3, 0.4) is 0 Å². The lowest BCUT2D eigenvalue weighted by Gasteiger charge is -2.16. The van der Waals surface area contributed by atoms with Crippen molar-refractivity contribution in [2.45, 2.75) is 13.0 Å². The molecule has 2 aromatic heterocycles. The Labute approximate surface area is 117 Å². The van der Waals surface area contributed by atoms with Crippen molar-refractivity contribution >= 4 is 10.9 Å². The van der Waals surface area contributed by atoms with E-state index in [-0.39, 0.29) is 6.04 Å². The Hall–Kier alpha value is -2.24. The zero-order valence-electron chi connectivity index (χ0n) is 11.5. The predicted octanol–water partition coefficient (Wildman–Crippen LogP) is 1.83. The Morgan fingerprint density at radius 3 is 2.85 bits per heavy atom. The maximum atomic E-state index is 5.75. The van der Waals surface area contributed by atoms with E-state index in [1.54, 1.807) is 10.9 Å². The van der Waals surface area contributed by atoms with Crippen molar-refractivity contribution in [2.75, 3.05) is 0 Å². The molecular weight excluding hydrogens is 250 g/mol. The second kappa shape index (κ2) is 5.03. The second-order valence-corrected chi connectivity index (χ2v) is 4.90. The number of hydrazine groups is 1. The van der Waals surface area contributed by atoms with Crippen molar-refractivity contribution in [3.05, 3.63) is 59.5 Å². The molecule has 0 bridgehead atoms. The first-order valence-electron chi connectivity index (χ1n) is 6.50. The molecule has 0 spiro atoms. The molecule has 1 atom stereocenters. The Kier molecular flexibility index (Phi) is 3.22. The topological polar surface area (TPSA) is 68.8 Å². The molecule has 0 radical (unpaired) electrons. The summed E-state index contributed by atoms with van der Waals surface area (Å²) in [6.07, 6.45) is 3.79. The van der Waals surface area contributed by atoms with Crippen LogP contribution in [0.25, 0.3) is 10.9 Å². The summed E-state index contributed by atoms with van der Waals surface area (Å²) in [6.45, 7) is 1.99. The largest absolute Gasteiger partial charge is 0.275 e. The third-order valence-electron chi connectivity index (χ3n) is 3.49. The van der Waals surface area contributed by atoms with Crippen LogP contribution in [0.1, 0.15) is 22.9 Å². The Balaban J connectivity index is 2.09. The zero-order valence-corrected chi connectivity index (χ0v) is 11.5. The number of aromatic nitrogens is 3. The van der Waals surface area contributed by atoms with Gasteiger partial charge in [-0.15, -0.1) is 0 Å². The maximum absolute atomic E-state index is 5.75. The first-order valence-corrected chi connectivity index (χ1v) is 6.50. The van der Waals surface area contributed by atoms with E-state index < -0.39 is 0 Å². The highest BCUT2D eigenvalue weighted by Crippen LogP contribution is 2.25. The van der Waals surface area contributed by atoms with E-state index in [0.717, 1.165) is 27.7 Å². The van der Waals surface area contributed by atoms with Crippen LogP contribution >= 0.6 is 0 Å². The van der Waals surface area contributed by atoms with Crippen molar-refractivity contribution in [3.63, 3.8) is 0 Å². The van der Waals surface area contributed by atoms with Crippen LogP contribution in [0, 0.1) is 6.92 Å². The number of hydrogen-bond acceptors (Lipinski definition) is 4. The number of aryl methyl sites for hydroxylation is 2. The summed E-state index contributed by atoms with van der Waals surface area (Å²) in [5.74, 6) is 5.75. The molecule has 0 aliphatic carbocycles. The number of nitrogens with one attached hydrogen (secondary N) is 1. The quantitative estimate of drug-likeness (QED) is 0.561. The van der Waals surface area contributed by atoms with Gasteiger partial charge in [0.15, 0.2) is 0 Å². The van der Waals surface area contributed by atoms with Crippen molar-refractivity contribution in [1.29, 1.82) is 0 Å². The van der Waals surface area contributed by atoms with Gasteiger partial charge in [0.2, 0.25) is 0 Å². The monoisotopic (exact) mass is 267 g/mol. The highest BCUT2D eigenvalue weighted by Gasteiger charge is 2.17. The Bertz CT molecular complexity index is 747. The lowest BCUT2D eigenvalue weighted by Crippen LogP contribution is -2.29. The third kappa shape index (κ3) is 2.17. The number of fused-ring (bicyclic) bond motifs is 1. The standard InChI is InChI=1S/C15H17N5/c1-10-13(9-20(2)19-10)15(18-16)12-6-5-11-4-3-7-17-14(11)8-12/h3-9,15,18H,16H2,1-2H3. The van der Waals surface area contributed by atoms with Gasteiger partial charge in [-0.25, -0.2) is 5.43 Å². The molecule has 0 aliphatic rings. The normalized spacial score (nSPS) is 12.8. The van der Waals surface area contributed by atoms with Crippen LogP contribution in [0.15, 0.2) is 42.7 Å². The van der Waals surface area contributed by atoms with Gasteiger partial charge in [0, 0.05) is 30.4 Å². The second-order valence-electron chi connectivity index (χ2n) is 4.90. The van der Waals surface area contributed by atoms with E-state index >= 15 is 0 Å². The molecule has 0 saturated heterocycles. The summed E-state index contributed by atoms with van der Waals surface area (Å²) in [4.78, 5) is 4.39. The summed E-state index contributed by atoms with van der Waals surface area (Å²) < 4.78 is 1.80. The van der Waals surface area contributed by atoms with Crippen LogP contribution in [-0.2, 0) is 7.05 Å². The fourth-order valence-corrected chi connectivity index (χ4v) is 2.53. The molecule has 3 N–H and O–H groups in total. The minimum absolute atomic E-state index is 0.0879. The van der Waals surface area contributed by atoms with Gasteiger partial charge in [-0.1, -0.05) is 18.2 Å². The third-order valence-corrected chi connectivity index (χ3v) is 3.49. The summed E-state index contributed by atoms with van der Waals surface area (Å²) in [7, 11) is 1.91. The van der Waals surface area contributed by atoms with Crippen LogP contribution in [0.4, 0.5) is 0 Å². The molecule has 5 nitrogen and oxygen atoms in total. The molecule has 0 fully saturated rings. The molecule has 1 aromatic carbocycles. The van der Waals surface area contributed by atoms with Crippen LogP contribution in [0.2, 0.25) is 0 Å². The van der Waals surface area contributed by atoms with Gasteiger partial charge in [-0.2, -0.15) is 5.10 Å². The average molecular weight is 267 g/mol. The summed E-state index contributed by atoms with van der Waals surface area (Å²) in [6, 6.07) is 10.1. The zero-order chi connectivity index (χ0) is 14.1. The molecule has 3 aromatic rings. The van der Waals surface area contributed by atoms with Crippen molar-refractivity contribution in [1.82, 2.24) is 20.2 Å². The number of nitrogens with zero attached hydrogens (tertiary/aromatic N) is 3. The smallest absolute Gasteiger partial charge is 0.0744 e. The van der Waals surface area contributed by atoms with Gasteiger partial charge < -0.3 is 0 Å². The fraction of sp³-hybridized carbons (Fsp3) is 0.200. The van der Waals surface area contributed by atoms with Gasteiger partial charge in [-0.3, -0.25) is 15.5 Å².